The van der Waals surface area contributed by atoms with Crippen molar-refractivity contribution in [3.63, 3.8) is 0 Å². The van der Waals surface area contributed by atoms with Crippen molar-refractivity contribution in [3.05, 3.63) is 95.1 Å². The first-order valence-corrected chi connectivity index (χ1v) is 9.56. The molecule has 0 saturated carbocycles. The molecule has 1 heterocycles. The van der Waals surface area contributed by atoms with Gasteiger partial charge in [0.05, 0.1) is 7.11 Å². The van der Waals surface area contributed by atoms with Crippen molar-refractivity contribution in [1.82, 2.24) is 5.32 Å². The summed E-state index contributed by atoms with van der Waals surface area (Å²) in [6.45, 7) is 1.11. The number of carbonyl (C=O) groups excluding carboxylic acids is 2. The molecule has 5 nitrogen and oxygen atoms in total. The van der Waals surface area contributed by atoms with Gasteiger partial charge in [-0.25, -0.2) is 0 Å². The van der Waals surface area contributed by atoms with Crippen LogP contribution in [0.1, 0.15) is 31.8 Å². The Morgan fingerprint density at radius 3 is 2.34 bits per heavy atom. The Bertz CT molecular complexity index is 1030. The molecule has 1 aliphatic rings. The number of hydrogen-bond donors (Lipinski definition) is 1. The molecule has 0 fully saturated rings. The first-order chi connectivity index (χ1) is 14.2. The molecule has 1 N–H and O–H groups in total. The lowest BCUT2D eigenvalue weighted by atomic mass is 10.1. The van der Waals surface area contributed by atoms with Crippen molar-refractivity contribution in [2.75, 3.05) is 18.6 Å². The molecule has 0 atom stereocenters. The molecule has 2 amide bonds. The van der Waals surface area contributed by atoms with Crippen LogP contribution < -0.4 is 15.0 Å². The van der Waals surface area contributed by atoms with E-state index in [1.807, 2.05) is 42.5 Å². The molecular weight excluding hydrogens is 364 g/mol. The summed E-state index contributed by atoms with van der Waals surface area (Å²) in [5.41, 5.74) is 4.25. The van der Waals surface area contributed by atoms with E-state index >= 15 is 0 Å². The number of nitrogens with zero attached hydrogens (tertiary/aromatic N) is 1. The molecule has 1 aliphatic heterocycles. The highest BCUT2D eigenvalue weighted by Crippen LogP contribution is 2.28. The number of hydrogen-bond acceptors (Lipinski definition) is 3. The van der Waals surface area contributed by atoms with E-state index in [0.29, 0.717) is 24.2 Å². The second-order valence-electron chi connectivity index (χ2n) is 6.94. The van der Waals surface area contributed by atoms with Crippen LogP contribution in [0.5, 0.6) is 5.75 Å². The van der Waals surface area contributed by atoms with Crippen LogP contribution in [0.2, 0.25) is 0 Å². The number of ether oxygens (including phenoxy) is 1. The van der Waals surface area contributed by atoms with Gasteiger partial charge in [0, 0.05) is 29.9 Å². The van der Waals surface area contributed by atoms with Crippen molar-refractivity contribution in [3.8, 4) is 5.75 Å². The van der Waals surface area contributed by atoms with Crippen LogP contribution in [-0.4, -0.2) is 25.5 Å². The minimum Gasteiger partial charge on any atom is -0.497 e. The molecule has 146 valence electrons. The zero-order chi connectivity index (χ0) is 20.2. The average molecular weight is 386 g/mol. The van der Waals surface area contributed by atoms with Gasteiger partial charge < -0.3 is 15.0 Å². The third-order valence-corrected chi connectivity index (χ3v) is 5.14. The number of rotatable bonds is 5. The first kappa shape index (κ1) is 18.7. The third kappa shape index (κ3) is 3.99. The minimum absolute atomic E-state index is 0.0415. The van der Waals surface area contributed by atoms with Gasteiger partial charge in [0.25, 0.3) is 11.8 Å². The van der Waals surface area contributed by atoms with Gasteiger partial charge in [0.15, 0.2) is 0 Å². The third-order valence-electron chi connectivity index (χ3n) is 5.14. The molecule has 0 radical (unpaired) electrons. The van der Waals surface area contributed by atoms with E-state index in [1.54, 1.807) is 36.3 Å². The van der Waals surface area contributed by atoms with Crippen LogP contribution >= 0.6 is 0 Å². The fraction of sp³-hybridized carbons (Fsp3) is 0.167. The Morgan fingerprint density at radius 2 is 1.62 bits per heavy atom. The molecule has 5 heteroatoms. The molecule has 0 aromatic heterocycles. The fourth-order valence-electron chi connectivity index (χ4n) is 3.50. The number of benzene rings is 3. The van der Waals surface area contributed by atoms with E-state index < -0.39 is 0 Å². The molecule has 29 heavy (non-hydrogen) atoms. The van der Waals surface area contributed by atoms with Crippen LogP contribution in [0.25, 0.3) is 0 Å². The highest BCUT2D eigenvalue weighted by Gasteiger charge is 2.25. The minimum atomic E-state index is -0.175. The van der Waals surface area contributed by atoms with Crippen molar-refractivity contribution < 1.29 is 14.3 Å². The predicted molar refractivity (Wildman–Crippen MR) is 112 cm³/mol. The maximum absolute atomic E-state index is 12.9. The lowest BCUT2D eigenvalue weighted by Crippen LogP contribution is -2.29. The van der Waals surface area contributed by atoms with Crippen molar-refractivity contribution in [2.24, 2.45) is 0 Å². The molecule has 3 aromatic rings. The van der Waals surface area contributed by atoms with E-state index in [-0.39, 0.29) is 11.8 Å². The van der Waals surface area contributed by atoms with Crippen LogP contribution in [0, 0.1) is 0 Å². The summed E-state index contributed by atoms with van der Waals surface area (Å²) >= 11 is 0. The Labute approximate surface area is 169 Å². The molecule has 0 unspecified atom stereocenters. The maximum Gasteiger partial charge on any atom is 0.258 e. The Hall–Kier alpha value is -3.60. The van der Waals surface area contributed by atoms with E-state index in [1.165, 1.54) is 5.56 Å². The van der Waals surface area contributed by atoms with Gasteiger partial charge in [-0.05, 0) is 60.0 Å². The summed E-state index contributed by atoms with van der Waals surface area (Å²) in [6.07, 6.45) is 0.869. The number of para-hydroxylation sites is 1. The monoisotopic (exact) mass is 386 g/mol. The number of fused-ring (bicyclic) bond motifs is 1. The van der Waals surface area contributed by atoms with Crippen molar-refractivity contribution in [1.29, 1.82) is 0 Å². The number of nitrogens with one attached hydrogen (secondary N) is 1. The van der Waals surface area contributed by atoms with Crippen LogP contribution in [0.15, 0.2) is 72.8 Å². The summed E-state index contributed by atoms with van der Waals surface area (Å²) in [4.78, 5) is 27.1. The average Bonchev–Trinajstić information content (AvgIpc) is 3.21. The quantitative estimate of drug-likeness (QED) is 0.725. The molecule has 0 saturated heterocycles. The van der Waals surface area contributed by atoms with Gasteiger partial charge in [-0.3, -0.25) is 9.59 Å². The highest BCUT2D eigenvalue weighted by molar-refractivity contribution is 6.07. The molecule has 0 bridgehead atoms. The zero-order valence-corrected chi connectivity index (χ0v) is 16.2. The Balaban J connectivity index is 1.39. The van der Waals surface area contributed by atoms with Gasteiger partial charge in [-0.15, -0.1) is 0 Å². The topological polar surface area (TPSA) is 58.6 Å². The van der Waals surface area contributed by atoms with Crippen LogP contribution in [0.4, 0.5) is 5.69 Å². The second kappa shape index (κ2) is 8.19. The van der Waals surface area contributed by atoms with Gasteiger partial charge >= 0.3 is 0 Å². The van der Waals surface area contributed by atoms with E-state index in [0.717, 1.165) is 23.4 Å². The van der Waals surface area contributed by atoms with Crippen molar-refractivity contribution in [2.45, 2.75) is 13.0 Å². The lowest BCUT2D eigenvalue weighted by Gasteiger charge is -2.17. The summed E-state index contributed by atoms with van der Waals surface area (Å²) in [5.74, 6) is 0.562. The number of amides is 2. The maximum atomic E-state index is 12.9. The molecule has 3 aromatic carbocycles. The number of methoxy groups -OCH3 is 1. The summed E-state index contributed by atoms with van der Waals surface area (Å²) in [5, 5.41) is 2.89. The summed E-state index contributed by atoms with van der Waals surface area (Å²) < 4.78 is 5.13. The number of carbonyl (C=O) groups is 2. The van der Waals surface area contributed by atoms with E-state index in [2.05, 4.69) is 11.4 Å². The molecular formula is C24H22N2O3. The smallest absolute Gasteiger partial charge is 0.258 e. The predicted octanol–water partition coefficient (Wildman–Crippen LogP) is 3.83. The van der Waals surface area contributed by atoms with Gasteiger partial charge in [-0.1, -0.05) is 30.3 Å². The lowest BCUT2D eigenvalue weighted by molar-refractivity contribution is 0.0947. The fourth-order valence-corrected chi connectivity index (χ4v) is 3.50. The van der Waals surface area contributed by atoms with E-state index in [4.69, 9.17) is 4.74 Å². The first-order valence-electron chi connectivity index (χ1n) is 9.56. The van der Waals surface area contributed by atoms with Crippen LogP contribution in [-0.2, 0) is 13.0 Å². The highest BCUT2D eigenvalue weighted by atomic mass is 16.5. The molecule has 4 rings (SSSR count). The SMILES string of the molecule is COc1ccc(CNC(=O)c2ccc(C(=O)N3CCc4ccccc43)cc2)cc1. The Morgan fingerprint density at radius 1 is 0.931 bits per heavy atom. The van der Waals surface area contributed by atoms with Gasteiger partial charge in [0.2, 0.25) is 0 Å². The molecule has 0 spiro atoms. The van der Waals surface area contributed by atoms with Gasteiger partial charge in [0.1, 0.15) is 5.75 Å². The van der Waals surface area contributed by atoms with Gasteiger partial charge in [-0.2, -0.15) is 0 Å². The standard InChI is InChI=1S/C24H22N2O3/c1-29-21-12-6-17(7-13-21)16-25-23(27)19-8-10-20(11-9-19)24(28)26-15-14-18-4-2-3-5-22(18)26/h2-13H,14-16H2,1H3,(H,25,27). The summed E-state index contributed by atoms with van der Waals surface area (Å²) in [7, 11) is 1.62. The molecule has 0 aliphatic carbocycles. The number of anilines is 1. The van der Waals surface area contributed by atoms with E-state index in [9.17, 15) is 9.59 Å². The second-order valence-corrected chi connectivity index (χ2v) is 6.94. The van der Waals surface area contributed by atoms with Crippen molar-refractivity contribution >= 4 is 17.5 Å². The summed E-state index contributed by atoms with van der Waals surface area (Å²) in [6, 6.07) is 22.3. The largest absolute Gasteiger partial charge is 0.497 e. The van der Waals surface area contributed by atoms with Crippen LogP contribution in [0.3, 0.4) is 0 Å². The normalized spacial score (nSPS) is 12.4. The zero-order valence-electron chi connectivity index (χ0n) is 16.2. The Kier molecular flexibility index (Phi) is 5.29.